The van der Waals surface area contributed by atoms with E-state index < -0.39 is 0 Å². The van der Waals surface area contributed by atoms with Gasteiger partial charge in [-0.1, -0.05) is 12.1 Å². The molecular formula is C14H22N2O. The summed E-state index contributed by atoms with van der Waals surface area (Å²) in [5.41, 5.74) is 4.94. The Hall–Kier alpha value is -1.51. The van der Waals surface area contributed by atoms with E-state index in [9.17, 15) is 4.79 Å². The molecule has 0 fully saturated rings. The molecule has 1 aromatic rings. The number of hydrogen-bond acceptors (Lipinski definition) is 1. The zero-order chi connectivity index (χ0) is 13.0. The van der Waals surface area contributed by atoms with Crippen molar-refractivity contribution in [2.75, 3.05) is 0 Å². The predicted molar refractivity (Wildman–Crippen MR) is 71.2 cm³/mol. The first-order chi connectivity index (χ1) is 7.90. The topological polar surface area (TPSA) is 41.1 Å². The Kier molecular flexibility index (Phi) is 4.55. The van der Waals surface area contributed by atoms with E-state index in [1.54, 1.807) is 0 Å². The SMILES string of the molecule is Cc1cc(C)c(CNC(=O)NC(C)C)cc1C. The number of carbonyl (C=O) groups excluding carboxylic acids is 1. The van der Waals surface area contributed by atoms with Crippen LogP contribution >= 0.6 is 0 Å². The highest BCUT2D eigenvalue weighted by Crippen LogP contribution is 2.14. The quantitative estimate of drug-likeness (QED) is 0.829. The Bertz CT molecular complexity index is 411. The summed E-state index contributed by atoms with van der Waals surface area (Å²) in [6.07, 6.45) is 0. The first-order valence-corrected chi connectivity index (χ1v) is 6.01. The molecule has 0 saturated heterocycles. The molecule has 0 atom stereocenters. The minimum Gasteiger partial charge on any atom is -0.336 e. The van der Waals surface area contributed by atoms with E-state index in [-0.39, 0.29) is 12.1 Å². The van der Waals surface area contributed by atoms with Gasteiger partial charge in [0.2, 0.25) is 0 Å². The van der Waals surface area contributed by atoms with Gasteiger partial charge in [0.05, 0.1) is 0 Å². The van der Waals surface area contributed by atoms with E-state index in [1.807, 2.05) is 13.8 Å². The van der Waals surface area contributed by atoms with Crippen molar-refractivity contribution in [3.63, 3.8) is 0 Å². The van der Waals surface area contributed by atoms with Gasteiger partial charge in [-0.2, -0.15) is 0 Å². The van der Waals surface area contributed by atoms with Crippen molar-refractivity contribution in [1.29, 1.82) is 0 Å². The van der Waals surface area contributed by atoms with Crippen molar-refractivity contribution >= 4 is 6.03 Å². The summed E-state index contributed by atoms with van der Waals surface area (Å²) in [6, 6.07) is 4.35. The van der Waals surface area contributed by atoms with Gasteiger partial charge < -0.3 is 10.6 Å². The molecule has 1 rings (SSSR count). The van der Waals surface area contributed by atoms with Gasteiger partial charge in [-0.05, 0) is 56.9 Å². The second kappa shape index (κ2) is 5.71. The third-order valence-corrected chi connectivity index (χ3v) is 2.81. The van der Waals surface area contributed by atoms with Crippen LogP contribution in [0.4, 0.5) is 4.79 Å². The normalized spacial score (nSPS) is 10.5. The van der Waals surface area contributed by atoms with E-state index in [1.165, 1.54) is 22.3 Å². The van der Waals surface area contributed by atoms with Crippen LogP contribution < -0.4 is 10.6 Å². The van der Waals surface area contributed by atoms with Crippen LogP contribution in [0, 0.1) is 20.8 Å². The summed E-state index contributed by atoms with van der Waals surface area (Å²) in [4.78, 5) is 11.5. The van der Waals surface area contributed by atoms with Crippen LogP contribution in [0.3, 0.4) is 0 Å². The summed E-state index contributed by atoms with van der Waals surface area (Å²) in [5.74, 6) is 0. The lowest BCUT2D eigenvalue weighted by Gasteiger charge is -2.13. The molecule has 94 valence electrons. The third-order valence-electron chi connectivity index (χ3n) is 2.81. The number of carbonyl (C=O) groups is 1. The van der Waals surface area contributed by atoms with E-state index >= 15 is 0 Å². The van der Waals surface area contributed by atoms with Crippen molar-refractivity contribution in [3.05, 3.63) is 34.4 Å². The number of amides is 2. The Morgan fingerprint density at radius 1 is 1.12 bits per heavy atom. The molecule has 0 bridgehead atoms. The molecule has 0 spiro atoms. The number of urea groups is 1. The Morgan fingerprint density at radius 3 is 2.29 bits per heavy atom. The van der Waals surface area contributed by atoms with E-state index in [2.05, 4.69) is 43.5 Å². The molecule has 0 aliphatic heterocycles. The molecule has 1 aromatic carbocycles. The number of aryl methyl sites for hydroxylation is 3. The molecule has 0 aliphatic rings. The Morgan fingerprint density at radius 2 is 1.71 bits per heavy atom. The van der Waals surface area contributed by atoms with Gasteiger partial charge in [0.1, 0.15) is 0 Å². The smallest absolute Gasteiger partial charge is 0.315 e. The molecule has 17 heavy (non-hydrogen) atoms. The van der Waals surface area contributed by atoms with Crippen LogP contribution in [0.25, 0.3) is 0 Å². The number of hydrogen-bond donors (Lipinski definition) is 2. The average Bonchev–Trinajstić information content (AvgIpc) is 2.20. The highest BCUT2D eigenvalue weighted by Gasteiger charge is 2.05. The minimum absolute atomic E-state index is 0.113. The third kappa shape index (κ3) is 4.10. The summed E-state index contributed by atoms with van der Waals surface area (Å²) in [7, 11) is 0. The van der Waals surface area contributed by atoms with Gasteiger partial charge in [-0.15, -0.1) is 0 Å². The summed E-state index contributed by atoms with van der Waals surface area (Å²) >= 11 is 0. The summed E-state index contributed by atoms with van der Waals surface area (Å²) < 4.78 is 0. The van der Waals surface area contributed by atoms with Crippen molar-refractivity contribution in [2.24, 2.45) is 0 Å². The zero-order valence-electron chi connectivity index (χ0n) is 11.3. The van der Waals surface area contributed by atoms with Crippen LogP contribution in [-0.4, -0.2) is 12.1 Å². The summed E-state index contributed by atoms with van der Waals surface area (Å²) in [5, 5.41) is 5.68. The van der Waals surface area contributed by atoms with Crippen molar-refractivity contribution in [2.45, 2.75) is 47.2 Å². The van der Waals surface area contributed by atoms with Crippen LogP contribution in [-0.2, 0) is 6.54 Å². The standard InChI is InChI=1S/C14H22N2O/c1-9(2)16-14(17)15-8-13-7-11(4)10(3)6-12(13)5/h6-7,9H,8H2,1-5H3,(H2,15,16,17). The van der Waals surface area contributed by atoms with Crippen LogP contribution in [0.2, 0.25) is 0 Å². The zero-order valence-corrected chi connectivity index (χ0v) is 11.3. The van der Waals surface area contributed by atoms with Crippen molar-refractivity contribution in [3.8, 4) is 0 Å². The maximum Gasteiger partial charge on any atom is 0.315 e. The molecule has 0 heterocycles. The highest BCUT2D eigenvalue weighted by molar-refractivity contribution is 5.74. The fraction of sp³-hybridized carbons (Fsp3) is 0.500. The largest absolute Gasteiger partial charge is 0.336 e. The predicted octanol–water partition coefficient (Wildman–Crippen LogP) is 2.82. The number of nitrogens with one attached hydrogen (secondary N) is 2. The minimum atomic E-state index is -0.113. The van der Waals surface area contributed by atoms with Crippen LogP contribution in [0.5, 0.6) is 0 Å². The Balaban J connectivity index is 2.63. The lowest BCUT2D eigenvalue weighted by atomic mass is 10.0. The van der Waals surface area contributed by atoms with Gasteiger partial charge in [0.25, 0.3) is 0 Å². The molecule has 0 aliphatic carbocycles. The van der Waals surface area contributed by atoms with Gasteiger partial charge in [-0.25, -0.2) is 4.79 Å². The molecule has 3 heteroatoms. The maximum atomic E-state index is 11.5. The van der Waals surface area contributed by atoms with Crippen LogP contribution in [0.1, 0.15) is 36.1 Å². The van der Waals surface area contributed by atoms with Gasteiger partial charge in [0, 0.05) is 12.6 Å². The summed E-state index contributed by atoms with van der Waals surface area (Å²) in [6.45, 7) is 10.7. The maximum absolute atomic E-state index is 11.5. The Labute approximate surface area is 104 Å². The van der Waals surface area contributed by atoms with Gasteiger partial charge in [-0.3, -0.25) is 0 Å². The van der Waals surface area contributed by atoms with Gasteiger partial charge >= 0.3 is 6.03 Å². The van der Waals surface area contributed by atoms with E-state index in [0.717, 1.165) is 0 Å². The molecular weight excluding hydrogens is 212 g/mol. The number of benzene rings is 1. The molecule has 0 saturated carbocycles. The molecule has 0 radical (unpaired) electrons. The molecule has 2 amide bonds. The molecule has 0 unspecified atom stereocenters. The highest BCUT2D eigenvalue weighted by atomic mass is 16.2. The van der Waals surface area contributed by atoms with Gasteiger partial charge in [0.15, 0.2) is 0 Å². The first kappa shape index (κ1) is 13.6. The second-order valence-corrected chi connectivity index (χ2v) is 4.84. The fourth-order valence-corrected chi connectivity index (χ4v) is 1.70. The van der Waals surface area contributed by atoms with E-state index in [4.69, 9.17) is 0 Å². The molecule has 3 nitrogen and oxygen atoms in total. The monoisotopic (exact) mass is 234 g/mol. The lowest BCUT2D eigenvalue weighted by Crippen LogP contribution is -2.39. The van der Waals surface area contributed by atoms with E-state index in [0.29, 0.717) is 6.54 Å². The second-order valence-electron chi connectivity index (χ2n) is 4.84. The molecule has 2 N–H and O–H groups in total. The lowest BCUT2D eigenvalue weighted by molar-refractivity contribution is 0.238. The van der Waals surface area contributed by atoms with Crippen molar-refractivity contribution < 1.29 is 4.79 Å². The number of rotatable bonds is 3. The fourth-order valence-electron chi connectivity index (χ4n) is 1.70. The van der Waals surface area contributed by atoms with Crippen LogP contribution in [0.15, 0.2) is 12.1 Å². The first-order valence-electron chi connectivity index (χ1n) is 6.01. The molecule has 0 aromatic heterocycles. The average molecular weight is 234 g/mol. The van der Waals surface area contributed by atoms with Crippen molar-refractivity contribution in [1.82, 2.24) is 10.6 Å².